The summed E-state index contributed by atoms with van der Waals surface area (Å²) in [7, 11) is 0. The van der Waals surface area contributed by atoms with E-state index in [-0.39, 0.29) is 5.91 Å². The first-order valence-corrected chi connectivity index (χ1v) is 9.99. The number of anilines is 1. The maximum atomic E-state index is 12.6. The summed E-state index contributed by atoms with van der Waals surface area (Å²) in [5.41, 5.74) is 5.50. The van der Waals surface area contributed by atoms with E-state index < -0.39 is 12.1 Å². The summed E-state index contributed by atoms with van der Waals surface area (Å²) in [5, 5.41) is 2.87. The molecule has 0 saturated heterocycles. The Morgan fingerprint density at radius 1 is 1.00 bits per heavy atom. The molecule has 0 aliphatic carbocycles. The summed E-state index contributed by atoms with van der Waals surface area (Å²) in [6.45, 7) is 1.56. The molecule has 5 nitrogen and oxygen atoms in total. The molecule has 29 heavy (non-hydrogen) atoms. The van der Waals surface area contributed by atoms with Crippen LogP contribution in [0.25, 0.3) is 21.3 Å². The number of rotatable bonds is 5. The number of ether oxygens (including phenoxy) is 1. The molecule has 1 atom stereocenters. The molecule has 0 aliphatic heterocycles. The van der Waals surface area contributed by atoms with E-state index in [0.717, 1.165) is 21.3 Å². The molecule has 1 heterocycles. The maximum Gasteiger partial charge on any atom is 0.338 e. The molecular weight excluding hydrogens is 384 g/mol. The van der Waals surface area contributed by atoms with E-state index in [1.807, 2.05) is 54.6 Å². The fourth-order valence-electron chi connectivity index (χ4n) is 2.96. The molecule has 0 unspecified atom stereocenters. The minimum Gasteiger partial charge on any atom is -0.449 e. The number of carbonyl (C=O) groups is 2. The quantitative estimate of drug-likeness (QED) is 0.469. The topological polar surface area (TPSA) is 68.3 Å². The average molecular weight is 402 g/mol. The van der Waals surface area contributed by atoms with E-state index in [4.69, 9.17) is 4.74 Å². The van der Waals surface area contributed by atoms with E-state index in [1.165, 1.54) is 11.3 Å². The van der Waals surface area contributed by atoms with Gasteiger partial charge in [-0.15, -0.1) is 11.3 Å². The molecule has 0 aliphatic rings. The van der Waals surface area contributed by atoms with Gasteiger partial charge in [0.15, 0.2) is 6.10 Å². The lowest BCUT2D eigenvalue weighted by Crippen LogP contribution is -2.30. The first-order chi connectivity index (χ1) is 14.1. The number of amides is 1. The van der Waals surface area contributed by atoms with Gasteiger partial charge in [0.1, 0.15) is 0 Å². The number of benzene rings is 3. The van der Waals surface area contributed by atoms with Gasteiger partial charge < -0.3 is 10.1 Å². The third kappa shape index (κ3) is 4.17. The summed E-state index contributed by atoms with van der Waals surface area (Å²) in [5.74, 6) is -0.931. The van der Waals surface area contributed by atoms with Crippen molar-refractivity contribution in [3.8, 4) is 11.1 Å². The largest absolute Gasteiger partial charge is 0.449 e. The van der Waals surface area contributed by atoms with Crippen molar-refractivity contribution in [3.63, 3.8) is 0 Å². The first-order valence-electron chi connectivity index (χ1n) is 9.11. The van der Waals surface area contributed by atoms with Crippen LogP contribution in [0.3, 0.4) is 0 Å². The molecule has 0 saturated carbocycles. The predicted molar refractivity (Wildman–Crippen MR) is 115 cm³/mol. The molecule has 0 spiro atoms. The highest BCUT2D eigenvalue weighted by Crippen LogP contribution is 2.27. The smallest absolute Gasteiger partial charge is 0.338 e. The normalized spacial score (nSPS) is 11.8. The maximum absolute atomic E-state index is 12.6. The number of thiazole rings is 1. The van der Waals surface area contributed by atoms with Crippen molar-refractivity contribution in [1.29, 1.82) is 0 Å². The molecule has 0 bridgehead atoms. The minimum absolute atomic E-state index is 0.388. The predicted octanol–water partition coefficient (Wildman–Crippen LogP) is 5.15. The SMILES string of the molecule is C[C@@H](OC(=O)c1ccc2ncsc2c1)C(=O)Nc1ccccc1-c1ccccc1. The highest BCUT2D eigenvalue weighted by atomic mass is 32.1. The zero-order valence-corrected chi connectivity index (χ0v) is 16.5. The van der Waals surface area contributed by atoms with Gasteiger partial charge in [0.2, 0.25) is 0 Å². The van der Waals surface area contributed by atoms with E-state index in [2.05, 4.69) is 10.3 Å². The molecule has 3 aromatic carbocycles. The van der Waals surface area contributed by atoms with Crippen molar-refractivity contribution in [3.05, 3.63) is 83.9 Å². The monoisotopic (exact) mass is 402 g/mol. The van der Waals surface area contributed by atoms with Gasteiger partial charge >= 0.3 is 5.97 Å². The Balaban J connectivity index is 1.47. The summed E-state index contributed by atoms with van der Waals surface area (Å²) in [6, 6.07) is 22.5. The lowest BCUT2D eigenvalue weighted by Gasteiger charge is -2.16. The number of carbonyl (C=O) groups excluding carboxylic acids is 2. The van der Waals surface area contributed by atoms with Crippen molar-refractivity contribution in [2.24, 2.45) is 0 Å². The molecule has 0 fully saturated rings. The zero-order chi connectivity index (χ0) is 20.2. The second-order valence-electron chi connectivity index (χ2n) is 6.48. The third-order valence-electron chi connectivity index (χ3n) is 4.49. The van der Waals surface area contributed by atoms with Crippen LogP contribution in [0.15, 0.2) is 78.3 Å². The molecule has 4 aromatic rings. The molecule has 1 N–H and O–H groups in total. The van der Waals surface area contributed by atoms with E-state index in [9.17, 15) is 9.59 Å². The fraction of sp³-hybridized carbons (Fsp3) is 0.0870. The second-order valence-corrected chi connectivity index (χ2v) is 7.37. The molecule has 1 aromatic heterocycles. The average Bonchev–Trinajstić information content (AvgIpc) is 3.22. The molecule has 4 rings (SSSR count). The second kappa shape index (κ2) is 8.24. The van der Waals surface area contributed by atoms with E-state index >= 15 is 0 Å². The van der Waals surface area contributed by atoms with Crippen molar-refractivity contribution in [2.75, 3.05) is 5.32 Å². The number of fused-ring (bicyclic) bond motifs is 1. The van der Waals surface area contributed by atoms with Gasteiger partial charge in [-0.2, -0.15) is 0 Å². The first kappa shape index (κ1) is 18.8. The Morgan fingerprint density at radius 2 is 1.76 bits per heavy atom. The Kier molecular flexibility index (Phi) is 5.35. The van der Waals surface area contributed by atoms with Crippen molar-refractivity contribution < 1.29 is 14.3 Å². The summed E-state index contributed by atoms with van der Waals surface area (Å²) >= 11 is 1.45. The van der Waals surface area contributed by atoms with Gasteiger partial charge in [-0.05, 0) is 36.8 Å². The minimum atomic E-state index is -0.941. The third-order valence-corrected chi connectivity index (χ3v) is 5.28. The van der Waals surface area contributed by atoms with Crippen LogP contribution in [0.4, 0.5) is 5.69 Å². The molecule has 6 heteroatoms. The number of nitrogens with one attached hydrogen (secondary N) is 1. The van der Waals surface area contributed by atoms with Crippen LogP contribution in [0.1, 0.15) is 17.3 Å². The highest BCUT2D eigenvalue weighted by Gasteiger charge is 2.20. The number of hydrogen-bond acceptors (Lipinski definition) is 5. The summed E-state index contributed by atoms with van der Waals surface area (Å²) in [4.78, 5) is 29.3. The Morgan fingerprint density at radius 3 is 2.59 bits per heavy atom. The van der Waals surface area contributed by atoms with Crippen LogP contribution in [-0.2, 0) is 9.53 Å². The van der Waals surface area contributed by atoms with E-state index in [1.54, 1.807) is 30.6 Å². The Hall–Kier alpha value is -3.51. The Labute approximate surface area is 172 Å². The van der Waals surface area contributed by atoms with Crippen LogP contribution in [0, 0.1) is 0 Å². The highest BCUT2D eigenvalue weighted by molar-refractivity contribution is 7.16. The van der Waals surface area contributed by atoms with Crippen LogP contribution in [0.2, 0.25) is 0 Å². The van der Waals surface area contributed by atoms with Crippen LogP contribution in [0.5, 0.6) is 0 Å². The molecule has 1 amide bonds. The van der Waals surface area contributed by atoms with Crippen LogP contribution >= 0.6 is 11.3 Å². The van der Waals surface area contributed by atoms with Gasteiger partial charge in [-0.3, -0.25) is 4.79 Å². The molecular formula is C23H18N2O3S. The number of esters is 1. The van der Waals surface area contributed by atoms with Gasteiger partial charge in [0.05, 0.1) is 21.3 Å². The zero-order valence-electron chi connectivity index (χ0n) is 15.7. The standard InChI is InChI=1S/C23H18N2O3S/c1-15(28-23(27)17-11-12-20-21(13-17)29-14-24-20)22(26)25-19-10-6-5-9-18(19)16-7-3-2-4-8-16/h2-15H,1H3,(H,25,26)/t15-/m1/s1. The van der Waals surface area contributed by atoms with Crippen molar-refractivity contribution in [2.45, 2.75) is 13.0 Å². The summed E-state index contributed by atoms with van der Waals surface area (Å²) < 4.78 is 6.27. The van der Waals surface area contributed by atoms with Crippen molar-refractivity contribution >= 4 is 39.1 Å². The Bertz CT molecular complexity index is 1170. The van der Waals surface area contributed by atoms with Gasteiger partial charge in [0.25, 0.3) is 5.91 Å². The number of hydrogen-bond donors (Lipinski definition) is 1. The summed E-state index contributed by atoms with van der Waals surface area (Å²) in [6.07, 6.45) is -0.941. The van der Waals surface area contributed by atoms with Gasteiger partial charge in [-0.1, -0.05) is 48.5 Å². The van der Waals surface area contributed by atoms with Crippen LogP contribution < -0.4 is 5.32 Å². The number of para-hydroxylation sites is 1. The number of aromatic nitrogens is 1. The number of nitrogens with zero attached hydrogens (tertiary/aromatic N) is 1. The van der Waals surface area contributed by atoms with Gasteiger partial charge in [-0.25, -0.2) is 9.78 Å². The van der Waals surface area contributed by atoms with Crippen molar-refractivity contribution in [1.82, 2.24) is 4.98 Å². The lowest BCUT2D eigenvalue weighted by atomic mass is 10.0. The van der Waals surface area contributed by atoms with E-state index in [0.29, 0.717) is 11.3 Å². The lowest BCUT2D eigenvalue weighted by molar-refractivity contribution is -0.123. The fourth-order valence-corrected chi connectivity index (χ4v) is 3.68. The molecule has 144 valence electrons. The molecule has 0 radical (unpaired) electrons. The van der Waals surface area contributed by atoms with Gasteiger partial charge in [0, 0.05) is 11.3 Å². The van der Waals surface area contributed by atoms with Crippen LogP contribution in [-0.4, -0.2) is 23.0 Å².